The predicted molar refractivity (Wildman–Crippen MR) is 59.2 cm³/mol. The second-order valence-corrected chi connectivity index (χ2v) is 6.51. The average Bonchev–Trinajstić information content (AvgIpc) is 1.99. The molecule has 0 atom stereocenters. The Bertz CT molecular complexity index is 429. The maximum absolute atomic E-state index is 12.8. The largest absolute Gasteiger partial charge is 0.492 e. The summed E-state index contributed by atoms with van der Waals surface area (Å²) in [7, 11) is 1.40. The molecule has 3 nitrogen and oxygen atoms in total. The summed E-state index contributed by atoms with van der Waals surface area (Å²) in [5, 5.41) is 0. The summed E-state index contributed by atoms with van der Waals surface area (Å²) in [6.45, 7) is -0.109. The van der Waals surface area contributed by atoms with Crippen molar-refractivity contribution in [1.29, 1.82) is 0 Å². The van der Waals surface area contributed by atoms with Gasteiger partial charge in [-0.25, -0.2) is 12.8 Å². The van der Waals surface area contributed by atoms with Crippen LogP contribution in [0.1, 0.15) is 0 Å². The quantitative estimate of drug-likeness (QED) is 0.802. The molecule has 0 radical (unpaired) electrons. The molecule has 0 amide bonds. The first kappa shape index (κ1) is 12.7. The Balaban J connectivity index is 2.58. The molecule has 1 rings (SSSR count). The normalized spacial score (nSPS) is 11.4. The van der Waals surface area contributed by atoms with Crippen molar-refractivity contribution < 1.29 is 17.5 Å². The van der Waals surface area contributed by atoms with Crippen LogP contribution in [-0.4, -0.2) is 20.8 Å². The molecule has 15 heavy (non-hydrogen) atoms. The Morgan fingerprint density at radius 2 is 2.07 bits per heavy atom. The van der Waals surface area contributed by atoms with Gasteiger partial charge in [-0.2, -0.15) is 0 Å². The highest BCUT2D eigenvalue weighted by Crippen LogP contribution is 2.20. The van der Waals surface area contributed by atoms with Crippen molar-refractivity contribution >= 4 is 35.7 Å². The van der Waals surface area contributed by atoms with Crippen LogP contribution in [0.25, 0.3) is 0 Å². The molecule has 0 heterocycles. The molecule has 0 aliphatic carbocycles. The summed E-state index contributed by atoms with van der Waals surface area (Å²) in [5.41, 5.74) is 0. The maximum Gasteiger partial charge on any atom is 0.235 e. The second-order valence-electron chi connectivity index (χ2n) is 2.70. The van der Waals surface area contributed by atoms with Crippen molar-refractivity contribution in [2.45, 2.75) is 0 Å². The zero-order chi connectivity index (χ0) is 11.5. The molecular formula is C8H7BrClFO3S. The molecule has 0 fully saturated rings. The summed E-state index contributed by atoms with van der Waals surface area (Å²) >= 11 is 3.08. The van der Waals surface area contributed by atoms with E-state index >= 15 is 0 Å². The molecule has 0 aliphatic rings. The third-order valence-electron chi connectivity index (χ3n) is 1.43. The molecule has 0 bridgehead atoms. The summed E-state index contributed by atoms with van der Waals surface area (Å²) in [6.07, 6.45) is 0. The van der Waals surface area contributed by atoms with Crippen LogP contribution in [0.15, 0.2) is 22.7 Å². The van der Waals surface area contributed by atoms with E-state index in [0.29, 0.717) is 4.47 Å². The SMILES string of the molecule is O=S(=O)(Cl)CCOc1cc(F)cc(Br)c1. The van der Waals surface area contributed by atoms with E-state index in [-0.39, 0.29) is 18.1 Å². The molecule has 0 unspecified atom stereocenters. The zero-order valence-electron chi connectivity index (χ0n) is 7.41. The Kier molecular flexibility index (Phi) is 4.36. The van der Waals surface area contributed by atoms with Gasteiger partial charge in [0.15, 0.2) is 0 Å². The molecule has 84 valence electrons. The van der Waals surface area contributed by atoms with Gasteiger partial charge in [0.05, 0.1) is 5.75 Å². The fraction of sp³-hybridized carbons (Fsp3) is 0.250. The summed E-state index contributed by atoms with van der Waals surface area (Å²) < 4.78 is 39.5. The van der Waals surface area contributed by atoms with Gasteiger partial charge in [0.1, 0.15) is 18.2 Å². The van der Waals surface area contributed by atoms with Crippen LogP contribution < -0.4 is 4.74 Å². The molecule has 0 saturated heterocycles. The van der Waals surface area contributed by atoms with Crippen molar-refractivity contribution in [1.82, 2.24) is 0 Å². The molecule has 1 aromatic rings. The fourth-order valence-corrected chi connectivity index (χ4v) is 1.79. The van der Waals surface area contributed by atoms with Gasteiger partial charge in [-0.1, -0.05) is 15.9 Å². The topological polar surface area (TPSA) is 43.4 Å². The van der Waals surface area contributed by atoms with Gasteiger partial charge >= 0.3 is 0 Å². The fourth-order valence-electron chi connectivity index (χ4n) is 0.871. The smallest absolute Gasteiger partial charge is 0.235 e. The van der Waals surface area contributed by atoms with E-state index in [1.165, 1.54) is 12.1 Å². The Morgan fingerprint density at radius 1 is 1.40 bits per heavy atom. The number of rotatable bonds is 4. The van der Waals surface area contributed by atoms with Gasteiger partial charge in [-0.15, -0.1) is 0 Å². The van der Waals surface area contributed by atoms with Crippen LogP contribution in [0.4, 0.5) is 4.39 Å². The summed E-state index contributed by atoms with van der Waals surface area (Å²) in [5.74, 6) is -0.529. The molecule has 0 N–H and O–H groups in total. The van der Waals surface area contributed by atoms with Crippen LogP contribution in [0.3, 0.4) is 0 Å². The summed E-state index contributed by atoms with van der Waals surface area (Å²) in [6, 6.07) is 3.96. The molecule has 0 spiro atoms. The first-order valence-corrected chi connectivity index (χ1v) is 7.15. The number of hydrogen-bond acceptors (Lipinski definition) is 3. The lowest BCUT2D eigenvalue weighted by molar-refractivity contribution is 0.339. The molecule has 1 aromatic carbocycles. The average molecular weight is 318 g/mol. The number of hydrogen-bond donors (Lipinski definition) is 0. The lowest BCUT2D eigenvalue weighted by atomic mass is 10.3. The van der Waals surface area contributed by atoms with Crippen molar-refractivity contribution in [3.05, 3.63) is 28.5 Å². The molecule has 0 aromatic heterocycles. The minimum absolute atomic E-state index is 0.109. The van der Waals surface area contributed by atoms with Gasteiger partial charge < -0.3 is 4.74 Å². The van der Waals surface area contributed by atoms with Crippen LogP contribution in [0.2, 0.25) is 0 Å². The van der Waals surface area contributed by atoms with Crippen molar-refractivity contribution in [2.24, 2.45) is 0 Å². The van der Waals surface area contributed by atoms with Gasteiger partial charge in [-0.05, 0) is 12.1 Å². The van der Waals surface area contributed by atoms with Crippen LogP contribution in [0, 0.1) is 5.82 Å². The summed E-state index contributed by atoms with van der Waals surface area (Å²) in [4.78, 5) is 0. The van der Waals surface area contributed by atoms with Crippen LogP contribution >= 0.6 is 26.6 Å². The minimum atomic E-state index is -3.57. The van der Waals surface area contributed by atoms with E-state index in [9.17, 15) is 12.8 Å². The van der Waals surface area contributed by atoms with Crippen molar-refractivity contribution in [3.63, 3.8) is 0 Å². The van der Waals surface area contributed by atoms with E-state index in [0.717, 1.165) is 6.07 Å². The van der Waals surface area contributed by atoms with E-state index in [4.69, 9.17) is 15.4 Å². The van der Waals surface area contributed by atoms with E-state index < -0.39 is 14.9 Å². The number of benzene rings is 1. The van der Waals surface area contributed by atoms with Crippen molar-refractivity contribution in [3.8, 4) is 5.75 Å². The van der Waals surface area contributed by atoms with Crippen molar-refractivity contribution in [2.75, 3.05) is 12.4 Å². The van der Waals surface area contributed by atoms with Gasteiger partial charge in [-0.3, -0.25) is 0 Å². The second kappa shape index (κ2) is 5.14. The first-order valence-electron chi connectivity index (χ1n) is 3.88. The zero-order valence-corrected chi connectivity index (χ0v) is 10.6. The predicted octanol–water partition coefficient (Wildman–Crippen LogP) is 2.54. The monoisotopic (exact) mass is 316 g/mol. The highest BCUT2D eigenvalue weighted by Gasteiger charge is 2.06. The third-order valence-corrected chi connectivity index (χ3v) is 3.01. The minimum Gasteiger partial charge on any atom is -0.492 e. The van der Waals surface area contributed by atoms with E-state index in [1.807, 2.05) is 0 Å². The standard InChI is InChI=1S/C8H7BrClFO3S/c9-6-3-7(11)5-8(4-6)14-1-2-15(10,12)13/h3-5H,1-2H2. The lowest BCUT2D eigenvalue weighted by Crippen LogP contribution is -2.08. The van der Waals surface area contributed by atoms with E-state index in [2.05, 4.69) is 15.9 Å². The van der Waals surface area contributed by atoms with Gasteiger partial charge in [0.25, 0.3) is 0 Å². The first-order chi connectivity index (χ1) is 6.87. The Hall–Kier alpha value is -0.330. The Labute approximate surface area is 99.7 Å². The highest BCUT2D eigenvalue weighted by atomic mass is 79.9. The van der Waals surface area contributed by atoms with Gasteiger partial charge in [0, 0.05) is 21.2 Å². The Morgan fingerprint density at radius 3 is 2.60 bits per heavy atom. The maximum atomic E-state index is 12.8. The molecular weight excluding hydrogens is 311 g/mol. The molecule has 0 aliphatic heterocycles. The molecule has 7 heteroatoms. The highest BCUT2D eigenvalue weighted by molar-refractivity contribution is 9.10. The lowest BCUT2D eigenvalue weighted by Gasteiger charge is -2.05. The third kappa shape index (κ3) is 5.34. The van der Waals surface area contributed by atoms with Gasteiger partial charge in [0.2, 0.25) is 9.05 Å². The number of halogens is 3. The molecule has 0 saturated carbocycles. The number of ether oxygens (including phenoxy) is 1. The van der Waals surface area contributed by atoms with E-state index in [1.54, 1.807) is 0 Å². The van der Waals surface area contributed by atoms with Crippen LogP contribution in [-0.2, 0) is 9.05 Å². The van der Waals surface area contributed by atoms with Crippen LogP contribution in [0.5, 0.6) is 5.75 Å².